The molecule has 6 heteroatoms. The third kappa shape index (κ3) is 3.28. The molecule has 3 rings (SSSR count). The van der Waals surface area contributed by atoms with Crippen molar-refractivity contribution in [3.05, 3.63) is 30.2 Å². The van der Waals surface area contributed by atoms with Crippen LogP contribution in [-0.2, 0) is 11.3 Å². The highest BCUT2D eigenvalue weighted by Gasteiger charge is 2.25. The molecule has 0 bridgehead atoms. The summed E-state index contributed by atoms with van der Waals surface area (Å²) in [5.41, 5.74) is 0.892. The van der Waals surface area contributed by atoms with E-state index in [9.17, 15) is 0 Å². The molecule has 118 valence electrons. The number of nitrogens with zero attached hydrogens (tertiary/aromatic N) is 3. The average molecular weight is 303 g/mol. The van der Waals surface area contributed by atoms with Gasteiger partial charge >= 0.3 is 0 Å². The quantitative estimate of drug-likeness (QED) is 0.864. The van der Waals surface area contributed by atoms with Gasteiger partial charge in [-0.25, -0.2) is 0 Å². The van der Waals surface area contributed by atoms with Gasteiger partial charge in [0, 0.05) is 18.2 Å². The minimum atomic E-state index is 0.236. The molecule has 0 saturated carbocycles. The predicted molar refractivity (Wildman–Crippen MR) is 81.6 cm³/mol. The van der Waals surface area contributed by atoms with E-state index in [-0.39, 0.29) is 6.10 Å². The molecule has 2 heterocycles. The van der Waals surface area contributed by atoms with Crippen molar-refractivity contribution in [2.24, 2.45) is 0 Å². The molecular weight excluding hydrogens is 282 g/mol. The van der Waals surface area contributed by atoms with Crippen LogP contribution in [0.3, 0.4) is 0 Å². The summed E-state index contributed by atoms with van der Waals surface area (Å²) in [6.45, 7) is 6.49. The van der Waals surface area contributed by atoms with E-state index < -0.39 is 0 Å². The number of methoxy groups -OCH3 is 1. The summed E-state index contributed by atoms with van der Waals surface area (Å²) in [5, 5.41) is 8.29. The Morgan fingerprint density at radius 2 is 2.00 bits per heavy atom. The number of morpholine rings is 1. The lowest BCUT2D eigenvalue weighted by molar-refractivity contribution is -0.0550. The summed E-state index contributed by atoms with van der Waals surface area (Å²) in [6, 6.07) is 7.94. The maximum atomic E-state index is 5.78. The Bertz CT molecular complexity index is 611. The number of aromatic nitrogens is 2. The summed E-state index contributed by atoms with van der Waals surface area (Å²) >= 11 is 0. The number of rotatable bonds is 4. The molecule has 0 amide bonds. The fraction of sp³-hybridized carbons (Fsp3) is 0.500. The lowest BCUT2D eigenvalue weighted by Gasteiger charge is -2.35. The fourth-order valence-corrected chi connectivity index (χ4v) is 2.53. The molecule has 0 radical (unpaired) electrons. The zero-order valence-corrected chi connectivity index (χ0v) is 13.2. The minimum absolute atomic E-state index is 0.236. The van der Waals surface area contributed by atoms with Gasteiger partial charge in [-0.3, -0.25) is 4.90 Å². The number of hydrogen-bond acceptors (Lipinski definition) is 6. The molecule has 2 aromatic rings. The summed E-state index contributed by atoms with van der Waals surface area (Å²) < 4.78 is 16.6. The molecule has 1 fully saturated rings. The zero-order chi connectivity index (χ0) is 15.5. The second-order valence-electron chi connectivity index (χ2n) is 5.65. The topological polar surface area (TPSA) is 60.6 Å². The molecule has 1 aromatic heterocycles. The Balaban J connectivity index is 1.70. The number of ether oxygens (including phenoxy) is 2. The van der Waals surface area contributed by atoms with Crippen LogP contribution in [0.5, 0.6) is 5.75 Å². The van der Waals surface area contributed by atoms with Crippen LogP contribution in [0.1, 0.15) is 19.7 Å². The highest BCUT2D eigenvalue weighted by molar-refractivity contribution is 5.53. The number of hydrogen-bond donors (Lipinski definition) is 0. The van der Waals surface area contributed by atoms with Crippen molar-refractivity contribution in [2.75, 3.05) is 20.3 Å². The van der Waals surface area contributed by atoms with Crippen LogP contribution in [0.2, 0.25) is 0 Å². The maximum absolute atomic E-state index is 5.78. The molecule has 6 nitrogen and oxygen atoms in total. The highest BCUT2D eigenvalue weighted by atomic mass is 16.5. The van der Waals surface area contributed by atoms with Crippen molar-refractivity contribution in [2.45, 2.75) is 32.5 Å². The molecule has 2 atom stereocenters. The maximum Gasteiger partial charge on any atom is 0.247 e. The van der Waals surface area contributed by atoms with Crippen molar-refractivity contribution in [1.29, 1.82) is 0 Å². The first-order valence-corrected chi connectivity index (χ1v) is 7.48. The first-order valence-electron chi connectivity index (χ1n) is 7.48. The monoisotopic (exact) mass is 303 g/mol. The predicted octanol–water partition coefficient (Wildman–Crippen LogP) is 2.35. The van der Waals surface area contributed by atoms with E-state index in [1.807, 2.05) is 24.3 Å². The van der Waals surface area contributed by atoms with Gasteiger partial charge in [0.15, 0.2) is 0 Å². The van der Waals surface area contributed by atoms with Crippen molar-refractivity contribution in [3.8, 4) is 17.2 Å². The Morgan fingerprint density at radius 3 is 2.73 bits per heavy atom. The van der Waals surface area contributed by atoms with E-state index in [4.69, 9.17) is 13.9 Å². The van der Waals surface area contributed by atoms with Gasteiger partial charge in [-0.1, -0.05) is 0 Å². The third-order valence-corrected chi connectivity index (χ3v) is 3.88. The van der Waals surface area contributed by atoms with Gasteiger partial charge in [0.2, 0.25) is 11.8 Å². The molecular formula is C16H21N3O3. The minimum Gasteiger partial charge on any atom is -0.497 e. The van der Waals surface area contributed by atoms with E-state index in [0.717, 1.165) is 24.5 Å². The zero-order valence-electron chi connectivity index (χ0n) is 13.2. The standard InChI is InChI=1S/C16H21N3O3/c1-11-10-21-12(2)8-19(11)9-15-17-18-16(22-15)13-4-6-14(20-3)7-5-13/h4-7,11-12H,8-10H2,1-3H3/t11-,12+/m0/s1. The van der Waals surface area contributed by atoms with Crippen molar-refractivity contribution >= 4 is 0 Å². The summed E-state index contributed by atoms with van der Waals surface area (Å²) in [7, 11) is 1.64. The lowest BCUT2D eigenvalue weighted by Crippen LogP contribution is -2.46. The van der Waals surface area contributed by atoms with E-state index in [0.29, 0.717) is 24.4 Å². The smallest absolute Gasteiger partial charge is 0.247 e. The third-order valence-electron chi connectivity index (χ3n) is 3.88. The Kier molecular flexibility index (Phi) is 4.40. The Labute approximate surface area is 130 Å². The van der Waals surface area contributed by atoms with Gasteiger partial charge in [0.25, 0.3) is 0 Å². The summed E-state index contributed by atoms with van der Waals surface area (Å²) in [5.74, 6) is 1.97. The lowest BCUT2D eigenvalue weighted by atomic mass is 10.2. The average Bonchev–Trinajstić information content (AvgIpc) is 2.99. The molecule has 1 aliphatic heterocycles. The molecule has 22 heavy (non-hydrogen) atoms. The van der Waals surface area contributed by atoms with Crippen molar-refractivity contribution in [1.82, 2.24) is 15.1 Å². The van der Waals surface area contributed by atoms with Crippen LogP contribution in [-0.4, -0.2) is 47.5 Å². The molecule has 0 unspecified atom stereocenters. The van der Waals surface area contributed by atoms with Crippen molar-refractivity contribution in [3.63, 3.8) is 0 Å². The molecule has 1 aliphatic rings. The van der Waals surface area contributed by atoms with Crippen molar-refractivity contribution < 1.29 is 13.9 Å². The second-order valence-corrected chi connectivity index (χ2v) is 5.65. The molecule has 0 N–H and O–H groups in total. The van der Waals surface area contributed by atoms with Gasteiger partial charge < -0.3 is 13.9 Å². The Hall–Kier alpha value is -1.92. The molecule has 0 spiro atoms. The van der Waals surface area contributed by atoms with Gasteiger partial charge in [-0.05, 0) is 38.1 Å². The van der Waals surface area contributed by atoms with E-state index >= 15 is 0 Å². The van der Waals surface area contributed by atoms with Crippen LogP contribution in [0, 0.1) is 0 Å². The van der Waals surface area contributed by atoms with Crippen LogP contribution < -0.4 is 4.74 Å². The molecule has 1 saturated heterocycles. The van der Waals surface area contributed by atoms with Crippen LogP contribution in [0.15, 0.2) is 28.7 Å². The number of benzene rings is 1. The van der Waals surface area contributed by atoms with Gasteiger partial charge in [-0.15, -0.1) is 10.2 Å². The van der Waals surface area contributed by atoms with Gasteiger partial charge in [0.1, 0.15) is 5.75 Å². The summed E-state index contributed by atoms with van der Waals surface area (Å²) in [4.78, 5) is 2.31. The summed E-state index contributed by atoms with van der Waals surface area (Å²) in [6.07, 6.45) is 0.236. The van der Waals surface area contributed by atoms with E-state index in [1.54, 1.807) is 7.11 Å². The molecule has 1 aromatic carbocycles. The van der Waals surface area contributed by atoms with Crippen LogP contribution >= 0.6 is 0 Å². The van der Waals surface area contributed by atoms with E-state index in [1.165, 1.54) is 0 Å². The first-order chi connectivity index (χ1) is 10.7. The highest BCUT2D eigenvalue weighted by Crippen LogP contribution is 2.22. The fourth-order valence-electron chi connectivity index (χ4n) is 2.53. The normalized spacial score (nSPS) is 22.7. The van der Waals surface area contributed by atoms with Crippen LogP contribution in [0.25, 0.3) is 11.5 Å². The van der Waals surface area contributed by atoms with Crippen LogP contribution in [0.4, 0.5) is 0 Å². The Morgan fingerprint density at radius 1 is 1.23 bits per heavy atom. The second kappa shape index (κ2) is 6.46. The van der Waals surface area contributed by atoms with Gasteiger partial charge in [-0.2, -0.15) is 0 Å². The van der Waals surface area contributed by atoms with Gasteiger partial charge in [0.05, 0.1) is 26.4 Å². The largest absolute Gasteiger partial charge is 0.497 e. The van der Waals surface area contributed by atoms with E-state index in [2.05, 4.69) is 28.9 Å². The first kappa shape index (κ1) is 15.0. The molecule has 0 aliphatic carbocycles. The SMILES string of the molecule is COc1ccc(-c2nnc(CN3C[C@@H](C)OC[C@@H]3C)o2)cc1.